The number of hydrogen-bond acceptors (Lipinski definition) is 5. The molecule has 0 bridgehead atoms. The van der Waals surface area contributed by atoms with Crippen LogP contribution in [0, 0.1) is 5.41 Å². The minimum atomic E-state index is -1.40. The Morgan fingerprint density at radius 3 is 2.62 bits per heavy atom. The molecule has 6 nitrogen and oxygen atoms in total. The monoisotopic (exact) mass is 289 g/mol. The fraction of sp³-hybridized carbons (Fsp3) is 0.467. The van der Waals surface area contributed by atoms with Gasteiger partial charge in [-0.1, -0.05) is 12.1 Å². The van der Waals surface area contributed by atoms with Gasteiger partial charge in [0, 0.05) is 31.7 Å². The summed E-state index contributed by atoms with van der Waals surface area (Å²) in [7, 11) is 0. The Morgan fingerprint density at radius 1 is 1.29 bits per heavy atom. The number of benzene rings is 1. The number of anilines is 1. The third-order valence-electron chi connectivity index (χ3n) is 4.30. The van der Waals surface area contributed by atoms with E-state index < -0.39 is 11.4 Å². The molecule has 0 saturated carbocycles. The van der Waals surface area contributed by atoms with Crippen molar-refractivity contribution in [2.75, 3.05) is 37.7 Å². The Hall–Kier alpha value is -1.92. The molecule has 1 saturated heterocycles. The van der Waals surface area contributed by atoms with Crippen LogP contribution in [0.2, 0.25) is 0 Å². The number of Topliss-reactive ketones (excluding diaryl/α,β-unsaturated/α-hetero) is 1. The van der Waals surface area contributed by atoms with Crippen molar-refractivity contribution in [2.24, 2.45) is 5.41 Å². The van der Waals surface area contributed by atoms with Crippen molar-refractivity contribution in [2.45, 2.75) is 6.92 Å². The maximum Gasteiger partial charge on any atom is 0.319 e. The van der Waals surface area contributed by atoms with Crippen LogP contribution in [-0.2, 0) is 4.79 Å². The molecule has 0 spiro atoms. The van der Waals surface area contributed by atoms with Crippen LogP contribution in [-0.4, -0.2) is 54.6 Å². The van der Waals surface area contributed by atoms with Gasteiger partial charge in [-0.2, -0.15) is 0 Å². The highest BCUT2D eigenvalue weighted by Gasteiger charge is 2.48. The number of aliphatic carboxylic acids is 1. The highest BCUT2D eigenvalue weighted by Crippen LogP contribution is 2.37. The second kappa shape index (κ2) is 5.13. The van der Waals surface area contributed by atoms with E-state index in [1.54, 1.807) is 12.1 Å². The van der Waals surface area contributed by atoms with E-state index >= 15 is 0 Å². The van der Waals surface area contributed by atoms with Crippen LogP contribution in [0.15, 0.2) is 24.3 Å². The van der Waals surface area contributed by atoms with E-state index in [1.807, 2.05) is 17.1 Å². The van der Waals surface area contributed by atoms with Crippen LogP contribution in [0.3, 0.4) is 0 Å². The average Bonchev–Trinajstić information content (AvgIpc) is 2.51. The molecule has 112 valence electrons. The van der Waals surface area contributed by atoms with Gasteiger partial charge in [-0.3, -0.25) is 9.59 Å². The molecular formula is C15H19N3O3. The Balaban J connectivity index is 2.05. The molecule has 6 heteroatoms. The SMILES string of the molecule is CC1(C(=O)O)CN(N2CCNCC2)c2ccccc2C1=O. The quantitative estimate of drug-likeness (QED) is 0.777. The first-order chi connectivity index (χ1) is 10.0. The number of piperazine rings is 1. The van der Waals surface area contributed by atoms with Crippen molar-refractivity contribution in [3.63, 3.8) is 0 Å². The van der Waals surface area contributed by atoms with Gasteiger partial charge in [0.1, 0.15) is 5.41 Å². The first kappa shape index (κ1) is 14.0. The molecule has 1 atom stereocenters. The minimum Gasteiger partial charge on any atom is -0.480 e. The lowest BCUT2D eigenvalue weighted by molar-refractivity contribution is -0.145. The van der Waals surface area contributed by atoms with Crippen molar-refractivity contribution in [3.05, 3.63) is 29.8 Å². The summed E-state index contributed by atoms with van der Waals surface area (Å²) in [5, 5.41) is 16.9. The average molecular weight is 289 g/mol. The molecule has 2 heterocycles. The van der Waals surface area contributed by atoms with E-state index in [4.69, 9.17) is 0 Å². The van der Waals surface area contributed by atoms with E-state index in [-0.39, 0.29) is 12.3 Å². The van der Waals surface area contributed by atoms with Gasteiger partial charge in [-0.25, -0.2) is 5.01 Å². The summed E-state index contributed by atoms with van der Waals surface area (Å²) in [6.45, 7) is 5.02. The van der Waals surface area contributed by atoms with Crippen LogP contribution in [0.4, 0.5) is 5.69 Å². The lowest BCUT2D eigenvalue weighted by Gasteiger charge is -2.46. The number of hydrazine groups is 1. The van der Waals surface area contributed by atoms with Crippen LogP contribution >= 0.6 is 0 Å². The molecule has 0 aromatic heterocycles. The number of nitrogens with zero attached hydrogens (tertiary/aromatic N) is 2. The first-order valence-corrected chi connectivity index (χ1v) is 7.14. The van der Waals surface area contributed by atoms with Gasteiger partial charge in [0.25, 0.3) is 0 Å². The number of fused-ring (bicyclic) bond motifs is 1. The van der Waals surface area contributed by atoms with E-state index in [9.17, 15) is 14.7 Å². The standard InChI is InChI=1S/C15H19N3O3/c1-15(14(20)21)10-18(17-8-6-16-7-9-17)12-5-3-2-4-11(12)13(15)19/h2-5,16H,6-10H2,1H3,(H,20,21). The summed E-state index contributed by atoms with van der Waals surface area (Å²) in [5.74, 6) is -1.38. The molecule has 2 aliphatic heterocycles. The van der Waals surface area contributed by atoms with Gasteiger partial charge in [-0.15, -0.1) is 0 Å². The maximum absolute atomic E-state index is 12.6. The molecule has 1 aromatic carbocycles. The van der Waals surface area contributed by atoms with Crippen molar-refractivity contribution < 1.29 is 14.7 Å². The summed E-state index contributed by atoms with van der Waals surface area (Å²) >= 11 is 0. The number of para-hydroxylation sites is 1. The van der Waals surface area contributed by atoms with Crippen molar-refractivity contribution in [1.29, 1.82) is 0 Å². The van der Waals surface area contributed by atoms with Gasteiger partial charge < -0.3 is 15.4 Å². The topological polar surface area (TPSA) is 72.9 Å². The number of carbonyl (C=O) groups excluding carboxylic acids is 1. The second-order valence-electron chi connectivity index (χ2n) is 5.74. The van der Waals surface area contributed by atoms with Gasteiger partial charge in [0.2, 0.25) is 0 Å². The van der Waals surface area contributed by atoms with Crippen LogP contribution < -0.4 is 10.3 Å². The first-order valence-electron chi connectivity index (χ1n) is 7.14. The summed E-state index contributed by atoms with van der Waals surface area (Å²) in [5.41, 5.74) is -0.102. The van der Waals surface area contributed by atoms with Crippen molar-refractivity contribution in [3.8, 4) is 0 Å². The van der Waals surface area contributed by atoms with E-state index in [0.29, 0.717) is 5.56 Å². The number of hydrogen-bond donors (Lipinski definition) is 2. The van der Waals surface area contributed by atoms with Gasteiger partial charge >= 0.3 is 5.97 Å². The molecule has 0 aliphatic carbocycles. The lowest BCUT2D eigenvalue weighted by atomic mass is 9.78. The highest BCUT2D eigenvalue weighted by molar-refractivity contribution is 6.16. The molecule has 21 heavy (non-hydrogen) atoms. The lowest BCUT2D eigenvalue weighted by Crippen LogP contribution is -2.60. The normalized spacial score (nSPS) is 26.5. The van der Waals surface area contributed by atoms with Crippen LogP contribution in [0.25, 0.3) is 0 Å². The Morgan fingerprint density at radius 2 is 1.95 bits per heavy atom. The molecule has 2 N–H and O–H groups in total. The van der Waals surface area contributed by atoms with Gasteiger partial charge in [0.15, 0.2) is 5.78 Å². The van der Waals surface area contributed by atoms with E-state index in [0.717, 1.165) is 31.9 Å². The zero-order chi connectivity index (χ0) is 15.0. The third kappa shape index (κ3) is 2.20. The molecule has 0 amide bonds. The molecule has 2 aliphatic rings. The van der Waals surface area contributed by atoms with E-state index in [2.05, 4.69) is 10.3 Å². The third-order valence-corrected chi connectivity index (χ3v) is 4.30. The zero-order valence-corrected chi connectivity index (χ0v) is 12.0. The zero-order valence-electron chi connectivity index (χ0n) is 12.0. The smallest absolute Gasteiger partial charge is 0.319 e. The molecule has 1 aromatic rings. The summed E-state index contributed by atoms with van der Waals surface area (Å²) in [4.78, 5) is 24.2. The molecule has 1 fully saturated rings. The number of carboxylic acid groups (broad SMARTS) is 1. The van der Waals surface area contributed by atoms with Crippen LogP contribution in [0.5, 0.6) is 0 Å². The Kier molecular flexibility index (Phi) is 3.43. The number of rotatable bonds is 2. The largest absolute Gasteiger partial charge is 0.480 e. The number of ketones is 1. The van der Waals surface area contributed by atoms with Gasteiger partial charge in [0.05, 0.1) is 12.2 Å². The molecule has 1 unspecified atom stereocenters. The van der Waals surface area contributed by atoms with Crippen LogP contribution in [0.1, 0.15) is 17.3 Å². The molecular weight excluding hydrogens is 270 g/mol. The maximum atomic E-state index is 12.6. The number of nitrogens with one attached hydrogen (secondary N) is 1. The number of carboxylic acids is 1. The summed E-state index contributed by atoms with van der Waals surface area (Å²) in [6, 6.07) is 7.26. The fourth-order valence-electron chi connectivity index (χ4n) is 2.96. The predicted molar refractivity (Wildman–Crippen MR) is 78.3 cm³/mol. The Labute approximate surface area is 123 Å². The van der Waals surface area contributed by atoms with Crippen molar-refractivity contribution in [1.82, 2.24) is 10.3 Å². The molecule has 0 radical (unpaired) electrons. The number of carbonyl (C=O) groups is 2. The van der Waals surface area contributed by atoms with Crippen molar-refractivity contribution >= 4 is 17.4 Å². The molecule has 3 rings (SSSR count). The van der Waals surface area contributed by atoms with E-state index in [1.165, 1.54) is 6.92 Å². The fourth-order valence-corrected chi connectivity index (χ4v) is 2.96. The Bertz CT molecular complexity index is 583. The second-order valence-corrected chi connectivity index (χ2v) is 5.74. The summed E-state index contributed by atoms with van der Waals surface area (Å²) < 4.78 is 0. The predicted octanol–water partition coefficient (Wildman–Crippen LogP) is 0.600. The highest BCUT2D eigenvalue weighted by atomic mass is 16.4. The summed E-state index contributed by atoms with van der Waals surface area (Å²) in [6.07, 6.45) is 0. The minimum absolute atomic E-state index is 0.179. The van der Waals surface area contributed by atoms with Gasteiger partial charge in [-0.05, 0) is 19.1 Å².